The van der Waals surface area contributed by atoms with E-state index in [4.69, 9.17) is 9.27 Å². The van der Waals surface area contributed by atoms with Crippen molar-refractivity contribution in [2.24, 2.45) is 4.74 Å². The Morgan fingerprint density at radius 1 is 0.971 bits per heavy atom. The summed E-state index contributed by atoms with van der Waals surface area (Å²) in [5.41, 5.74) is 7.14. The summed E-state index contributed by atoms with van der Waals surface area (Å²) in [6.07, 6.45) is 2.10. The Bertz CT molecular complexity index is 1240. The molecule has 0 spiro atoms. The van der Waals surface area contributed by atoms with Crippen molar-refractivity contribution in [1.29, 1.82) is 0 Å². The molecule has 3 aromatic carbocycles. The van der Waals surface area contributed by atoms with E-state index in [0.717, 1.165) is 23.8 Å². The summed E-state index contributed by atoms with van der Waals surface area (Å²) in [4.78, 5) is 2.33. The minimum atomic E-state index is -2.52. The maximum atomic E-state index is 6.89. The van der Waals surface area contributed by atoms with Crippen LogP contribution in [0.1, 0.15) is 50.3 Å². The minimum absolute atomic E-state index is 0.142. The average Bonchev–Trinajstić information content (AvgIpc) is 3.02. The molecule has 3 aromatic rings. The molecule has 0 aromatic heterocycles. The molecule has 3 nitrogen and oxygen atoms in total. The molecule has 0 bridgehead atoms. The van der Waals surface area contributed by atoms with Crippen LogP contribution in [0.15, 0.2) is 89.1 Å². The fourth-order valence-corrected chi connectivity index (χ4v) is 7.75. The van der Waals surface area contributed by atoms with Gasteiger partial charge in [-0.2, -0.15) is 0 Å². The molecule has 1 heterocycles. The molecule has 1 aliphatic heterocycles. The third-order valence-corrected chi connectivity index (χ3v) is 9.48. The summed E-state index contributed by atoms with van der Waals surface area (Å²) in [7, 11) is -0.347. The zero-order chi connectivity index (χ0) is 24.3. The molecule has 0 saturated carbocycles. The van der Waals surface area contributed by atoms with Crippen LogP contribution in [0, 0.1) is 13.8 Å². The molecule has 0 saturated heterocycles. The first-order valence-corrected chi connectivity index (χ1v) is 14.0. The molecule has 34 heavy (non-hydrogen) atoms. The van der Waals surface area contributed by atoms with Crippen LogP contribution >= 0.6 is 7.28 Å². The highest BCUT2D eigenvalue weighted by Crippen LogP contribution is 2.58. The lowest BCUT2D eigenvalue weighted by Gasteiger charge is -2.29. The van der Waals surface area contributed by atoms with Crippen LogP contribution in [0.2, 0.25) is 0 Å². The van der Waals surface area contributed by atoms with Gasteiger partial charge in [0.25, 0.3) is 0 Å². The van der Waals surface area contributed by atoms with Gasteiger partial charge in [0, 0.05) is 35.0 Å². The molecule has 1 aliphatic rings. The average molecular weight is 473 g/mol. The monoisotopic (exact) mass is 472 g/mol. The highest BCUT2D eigenvalue weighted by Gasteiger charge is 2.40. The standard InChI is InChI=1S/C30H37N2OP/c1-7-8-20-33-34(25-14-10-9-11-15-25,31-27-19-18-23(2)21-24(27)3)22-29-30(4,5)26-16-12-13-17-28(26)32(29)6/h9-19,21-22H,7-8,20H2,1-6H3/b29-22+/t34-/m0/s1. The quantitative estimate of drug-likeness (QED) is 0.254. The lowest BCUT2D eigenvalue weighted by atomic mass is 9.84. The fraction of sp³-hybridized carbons (Fsp3) is 0.333. The van der Waals surface area contributed by atoms with Gasteiger partial charge in [-0.25, -0.2) is 4.74 Å². The molecule has 0 fully saturated rings. The Labute approximate surface area is 205 Å². The summed E-state index contributed by atoms with van der Waals surface area (Å²) < 4.78 is 12.4. The van der Waals surface area contributed by atoms with Crippen molar-refractivity contribution in [2.45, 2.75) is 52.9 Å². The van der Waals surface area contributed by atoms with E-state index >= 15 is 0 Å². The molecule has 178 valence electrons. The summed E-state index contributed by atoms with van der Waals surface area (Å²) in [5, 5.41) is 1.15. The largest absolute Gasteiger partial charge is 0.347 e. The van der Waals surface area contributed by atoms with Crippen LogP contribution in [0.4, 0.5) is 11.4 Å². The van der Waals surface area contributed by atoms with E-state index < -0.39 is 7.28 Å². The fourth-order valence-electron chi connectivity index (χ4n) is 4.76. The first-order chi connectivity index (χ1) is 16.3. The molecule has 0 unspecified atom stereocenters. The van der Waals surface area contributed by atoms with Gasteiger partial charge in [-0.3, -0.25) is 0 Å². The Balaban J connectivity index is 2.00. The maximum absolute atomic E-state index is 6.89. The van der Waals surface area contributed by atoms with Crippen LogP contribution in [0.5, 0.6) is 0 Å². The molecule has 0 radical (unpaired) electrons. The summed E-state index contributed by atoms with van der Waals surface area (Å²) in [5.74, 6) is 2.37. The van der Waals surface area contributed by atoms with Crippen molar-refractivity contribution in [3.8, 4) is 0 Å². The number of hydrogen-bond donors (Lipinski definition) is 0. The molecule has 1 atom stereocenters. The van der Waals surface area contributed by atoms with Gasteiger partial charge in [0.1, 0.15) is 7.28 Å². The second-order valence-electron chi connectivity index (χ2n) is 9.75. The van der Waals surface area contributed by atoms with Gasteiger partial charge in [-0.05, 0) is 43.5 Å². The summed E-state index contributed by atoms with van der Waals surface area (Å²) in [6.45, 7) is 11.8. The molecular formula is C30H37N2OP. The molecule has 4 heteroatoms. The predicted octanol–water partition coefficient (Wildman–Crippen LogP) is 8.46. The highest BCUT2D eigenvalue weighted by molar-refractivity contribution is 7.72. The third kappa shape index (κ3) is 4.65. The zero-order valence-electron chi connectivity index (χ0n) is 21.4. The Hall–Kier alpha value is -2.61. The molecule has 0 aliphatic carbocycles. The Morgan fingerprint density at radius 2 is 1.68 bits per heavy atom. The normalized spacial score (nSPS) is 17.5. The van der Waals surface area contributed by atoms with Gasteiger partial charge in [-0.15, -0.1) is 0 Å². The molecule has 0 N–H and O–H groups in total. The van der Waals surface area contributed by atoms with Gasteiger partial charge in [-0.1, -0.05) is 93.4 Å². The number of benzene rings is 3. The number of unbranched alkanes of at least 4 members (excludes halogenated alkanes) is 1. The number of rotatable bonds is 7. The predicted molar refractivity (Wildman–Crippen MR) is 148 cm³/mol. The van der Waals surface area contributed by atoms with Crippen LogP contribution in [0.3, 0.4) is 0 Å². The number of nitrogens with zero attached hydrogens (tertiary/aromatic N) is 2. The van der Waals surface area contributed by atoms with Gasteiger partial charge in [0.05, 0.1) is 12.3 Å². The highest BCUT2D eigenvalue weighted by atomic mass is 31.2. The van der Waals surface area contributed by atoms with E-state index in [1.54, 1.807) is 0 Å². The van der Waals surface area contributed by atoms with Crippen molar-refractivity contribution in [1.82, 2.24) is 0 Å². The zero-order valence-corrected chi connectivity index (χ0v) is 22.3. The number of anilines is 1. The minimum Gasteiger partial charge on any atom is -0.347 e. The van der Waals surface area contributed by atoms with E-state index in [0.29, 0.717) is 6.61 Å². The van der Waals surface area contributed by atoms with Crippen LogP contribution in [0.25, 0.3) is 0 Å². The SMILES string of the molecule is CCCCO[P@](/C=C1/N(C)c2ccccc2C1(C)C)(=Nc1ccc(C)cc1C)c1ccccc1. The number of allylic oxidation sites excluding steroid dienone is 1. The van der Waals surface area contributed by atoms with Gasteiger partial charge >= 0.3 is 0 Å². The van der Waals surface area contributed by atoms with Gasteiger partial charge in [0.2, 0.25) is 0 Å². The Morgan fingerprint density at radius 3 is 2.35 bits per heavy atom. The van der Waals surface area contributed by atoms with Crippen molar-refractivity contribution >= 4 is 24.0 Å². The van der Waals surface area contributed by atoms with E-state index in [1.807, 2.05) is 0 Å². The summed E-state index contributed by atoms with van der Waals surface area (Å²) >= 11 is 0. The lowest BCUT2D eigenvalue weighted by Crippen LogP contribution is -2.23. The van der Waals surface area contributed by atoms with Crippen LogP contribution < -0.4 is 10.2 Å². The smallest absolute Gasteiger partial charge is 0.143 e. The Kier molecular flexibility index (Phi) is 7.17. The van der Waals surface area contributed by atoms with Crippen molar-refractivity contribution in [3.05, 3.63) is 101 Å². The van der Waals surface area contributed by atoms with Crippen molar-refractivity contribution < 1.29 is 4.52 Å². The first-order valence-electron chi connectivity index (χ1n) is 12.2. The number of aryl methyl sites for hydroxylation is 2. The van der Waals surface area contributed by atoms with Crippen LogP contribution in [-0.4, -0.2) is 13.7 Å². The van der Waals surface area contributed by atoms with Crippen molar-refractivity contribution in [2.75, 3.05) is 18.6 Å². The number of para-hydroxylation sites is 1. The van der Waals surface area contributed by atoms with Crippen LogP contribution in [-0.2, 0) is 9.94 Å². The van der Waals surface area contributed by atoms with E-state index in [2.05, 4.69) is 125 Å². The van der Waals surface area contributed by atoms with E-state index in [1.165, 1.54) is 28.1 Å². The summed E-state index contributed by atoms with van der Waals surface area (Å²) in [6, 6.07) is 25.8. The lowest BCUT2D eigenvalue weighted by molar-refractivity contribution is 0.344. The second-order valence-corrected chi connectivity index (χ2v) is 12.2. The van der Waals surface area contributed by atoms with Gasteiger partial charge < -0.3 is 9.42 Å². The van der Waals surface area contributed by atoms with Gasteiger partial charge in [0.15, 0.2) is 0 Å². The van der Waals surface area contributed by atoms with E-state index in [-0.39, 0.29) is 5.41 Å². The van der Waals surface area contributed by atoms with E-state index in [9.17, 15) is 0 Å². The number of fused-ring (bicyclic) bond motifs is 1. The maximum Gasteiger partial charge on any atom is 0.143 e. The van der Waals surface area contributed by atoms with Crippen molar-refractivity contribution in [3.63, 3.8) is 0 Å². The second kappa shape index (κ2) is 9.94. The topological polar surface area (TPSA) is 24.8 Å². The number of hydrogen-bond acceptors (Lipinski definition) is 3. The number of likely N-dealkylation sites (N-methyl/N-ethyl adjacent to an activating group) is 1. The molecule has 4 rings (SSSR count). The molecular weight excluding hydrogens is 435 g/mol. The first kappa shape index (κ1) is 24.5. The molecule has 0 amide bonds. The third-order valence-electron chi connectivity index (χ3n) is 6.76.